The summed E-state index contributed by atoms with van der Waals surface area (Å²) in [6.07, 6.45) is 8.00. The lowest BCUT2D eigenvalue weighted by Gasteiger charge is -2.23. The molecule has 2 aromatic rings. The van der Waals surface area contributed by atoms with Crippen molar-refractivity contribution in [2.75, 3.05) is 0 Å². The largest absolute Gasteiger partial charge is 0.335 e. The molecule has 1 saturated carbocycles. The monoisotopic (exact) mass is 323 g/mol. The number of urea groups is 1. The highest BCUT2D eigenvalue weighted by molar-refractivity contribution is 5.83. The topological polar surface area (TPSA) is 58.2 Å². The number of nitrogens with one attached hydrogen (secondary N) is 2. The van der Waals surface area contributed by atoms with Gasteiger partial charge in [-0.3, -0.25) is 4.79 Å². The van der Waals surface area contributed by atoms with Gasteiger partial charge in [-0.15, -0.1) is 0 Å². The van der Waals surface area contributed by atoms with Crippen LogP contribution < -0.4 is 10.6 Å². The third-order valence-corrected chi connectivity index (χ3v) is 4.64. The molecule has 0 spiro atoms. The van der Waals surface area contributed by atoms with E-state index in [1.807, 2.05) is 36.6 Å². The first-order valence-electron chi connectivity index (χ1n) is 8.67. The molecule has 2 amide bonds. The zero-order chi connectivity index (χ0) is 16.8. The van der Waals surface area contributed by atoms with Crippen LogP contribution in [0.5, 0.6) is 0 Å². The number of carbonyl (C=O) groups is 1. The number of hydrogen-bond acceptors (Lipinski definition) is 2. The lowest BCUT2D eigenvalue weighted by molar-refractivity contribution is 0.231. The van der Waals surface area contributed by atoms with Crippen molar-refractivity contribution in [2.45, 2.75) is 50.6 Å². The molecule has 1 fully saturated rings. The highest BCUT2D eigenvalue weighted by Gasteiger charge is 2.18. The molecule has 0 heterocycles. The smallest absolute Gasteiger partial charge is 0.315 e. The summed E-state index contributed by atoms with van der Waals surface area (Å²) in [6, 6.07) is 13.5. The van der Waals surface area contributed by atoms with Gasteiger partial charge in [0.2, 0.25) is 6.29 Å². The Morgan fingerprint density at radius 2 is 1.83 bits per heavy atom. The van der Waals surface area contributed by atoms with Crippen LogP contribution >= 0.6 is 0 Å². The lowest BCUT2D eigenvalue weighted by atomic mass is 9.96. The van der Waals surface area contributed by atoms with Crippen LogP contribution in [0.4, 0.5) is 4.79 Å². The first-order chi connectivity index (χ1) is 11.7. The van der Waals surface area contributed by atoms with Crippen molar-refractivity contribution < 1.29 is 9.59 Å². The SMILES string of the molecule is O=[C]C(Cc1ccc2ccccc2c1)NC(=O)NC1CCCCC1. The average Bonchev–Trinajstić information content (AvgIpc) is 2.62. The molecule has 1 aliphatic rings. The second kappa shape index (κ2) is 7.95. The number of hydrogen-bond donors (Lipinski definition) is 2. The van der Waals surface area contributed by atoms with E-state index in [1.165, 1.54) is 6.42 Å². The maximum absolute atomic E-state index is 12.1. The summed E-state index contributed by atoms with van der Waals surface area (Å²) in [6.45, 7) is 0. The summed E-state index contributed by atoms with van der Waals surface area (Å²) in [4.78, 5) is 23.3. The van der Waals surface area contributed by atoms with Crippen LogP contribution in [0.15, 0.2) is 42.5 Å². The number of fused-ring (bicyclic) bond motifs is 1. The summed E-state index contributed by atoms with van der Waals surface area (Å²) in [7, 11) is 0. The molecule has 2 N–H and O–H groups in total. The lowest BCUT2D eigenvalue weighted by Crippen LogP contribution is -2.48. The predicted molar refractivity (Wildman–Crippen MR) is 95.7 cm³/mol. The maximum atomic E-state index is 12.1. The Morgan fingerprint density at radius 1 is 1.08 bits per heavy atom. The number of amides is 2. The van der Waals surface area contributed by atoms with Crippen molar-refractivity contribution in [3.05, 3.63) is 48.0 Å². The standard InChI is InChI=1S/C20H23N2O2/c23-14-19(22-20(24)21-18-8-2-1-3-9-18)13-15-10-11-16-6-4-5-7-17(16)12-15/h4-7,10-12,18-19H,1-3,8-9,13H2,(H2,21,22,24). The van der Waals surface area contributed by atoms with Crippen molar-refractivity contribution in [1.82, 2.24) is 10.6 Å². The Kier molecular flexibility index (Phi) is 5.47. The molecule has 1 unspecified atom stereocenters. The Labute approximate surface area is 142 Å². The maximum Gasteiger partial charge on any atom is 0.315 e. The molecule has 0 aliphatic heterocycles. The van der Waals surface area contributed by atoms with Gasteiger partial charge in [-0.05, 0) is 29.2 Å². The average molecular weight is 323 g/mol. The quantitative estimate of drug-likeness (QED) is 0.885. The van der Waals surface area contributed by atoms with Crippen LogP contribution in [0.25, 0.3) is 10.8 Å². The molecule has 1 atom stereocenters. The summed E-state index contributed by atoms with van der Waals surface area (Å²) >= 11 is 0. The predicted octanol–water partition coefficient (Wildman–Crippen LogP) is 3.49. The van der Waals surface area contributed by atoms with Gasteiger partial charge in [-0.25, -0.2) is 4.79 Å². The Morgan fingerprint density at radius 3 is 2.58 bits per heavy atom. The van der Waals surface area contributed by atoms with Gasteiger partial charge in [0, 0.05) is 12.5 Å². The summed E-state index contributed by atoms with van der Waals surface area (Å²) in [5, 5.41) is 8.00. The fourth-order valence-electron chi connectivity index (χ4n) is 3.36. The molecular weight excluding hydrogens is 300 g/mol. The van der Waals surface area contributed by atoms with Gasteiger partial charge in [-0.1, -0.05) is 61.7 Å². The van der Waals surface area contributed by atoms with E-state index < -0.39 is 6.04 Å². The van der Waals surface area contributed by atoms with Crippen molar-refractivity contribution in [3.8, 4) is 0 Å². The van der Waals surface area contributed by atoms with Crippen molar-refractivity contribution in [2.24, 2.45) is 0 Å². The molecular formula is C20H23N2O2. The van der Waals surface area contributed by atoms with E-state index >= 15 is 0 Å². The fraction of sp³-hybridized carbons (Fsp3) is 0.400. The fourth-order valence-corrected chi connectivity index (χ4v) is 3.36. The zero-order valence-corrected chi connectivity index (χ0v) is 13.8. The van der Waals surface area contributed by atoms with Gasteiger partial charge in [0.25, 0.3) is 0 Å². The molecule has 3 rings (SSSR count). The molecule has 0 bridgehead atoms. The van der Waals surface area contributed by atoms with E-state index in [4.69, 9.17) is 0 Å². The van der Waals surface area contributed by atoms with Crippen molar-refractivity contribution in [1.29, 1.82) is 0 Å². The molecule has 1 aliphatic carbocycles. The summed E-state index contributed by atoms with van der Waals surface area (Å²) in [5.74, 6) is 0. The minimum Gasteiger partial charge on any atom is -0.335 e. The van der Waals surface area contributed by atoms with Crippen LogP contribution in [-0.2, 0) is 11.2 Å². The van der Waals surface area contributed by atoms with Gasteiger partial charge in [-0.2, -0.15) is 0 Å². The van der Waals surface area contributed by atoms with E-state index in [0.29, 0.717) is 6.42 Å². The number of carbonyl (C=O) groups excluding carboxylic acids is 2. The first-order valence-corrected chi connectivity index (χ1v) is 8.67. The zero-order valence-electron chi connectivity index (χ0n) is 13.8. The summed E-state index contributed by atoms with van der Waals surface area (Å²) in [5.41, 5.74) is 1.01. The second-order valence-corrected chi connectivity index (χ2v) is 6.51. The Hall–Kier alpha value is -2.36. The van der Waals surface area contributed by atoms with E-state index in [9.17, 15) is 9.59 Å². The van der Waals surface area contributed by atoms with Gasteiger partial charge in [0.1, 0.15) is 6.04 Å². The molecule has 125 valence electrons. The molecule has 1 radical (unpaired) electrons. The number of rotatable bonds is 5. The third kappa shape index (κ3) is 4.34. The van der Waals surface area contributed by atoms with E-state index in [1.54, 1.807) is 0 Å². The molecule has 4 nitrogen and oxygen atoms in total. The van der Waals surface area contributed by atoms with E-state index in [0.717, 1.165) is 42.0 Å². The van der Waals surface area contributed by atoms with Crippen molar-refractivity contribution in [3.63, 3.8) is 0 Å². The Balaban J connectivity index is 1.58. The van der Waals surface area contributed by atoms with Crippen LogP contribution in [0.1, 0.15) is 37.7 Å². The van der Waals surface area contributed by atoms with Gasteiger partial charge in [0.15, 0.2) is 0 Å². The van der Waals surface area contributed by atoms with Crippen LogP contribution in [0.3, 0.4) is 0 Å². The van der Waals surface area contributed by atoms with Gasteiger partial charge in [0.05, 0.1) is 0 Å². The highest BCUT2D eigenvalue weighted by atomic mass is 16.2. The highest BCUT2D eigenvalue weighted by Crippen LogP contribution is 2.18. The normalized spacial score (nSPS) is 16.5. The van der Waals surface area contributed by atoms with Gasteiger partial charge >= 0.3 is 6.03 Å². The van der Waals surface area contributed by atoms with Crippen LogP contribution in [-0.4, -0.2) is 24.4 Å². The number of benzene rings is 2. The minimum absolute atomic E-state index is 0.228. The molecule has 0 saturated heterocycles. The minimum atomic E-state index is -0.630. The molecule has 0 aromatic heterocycles. The van der Waals surface area contributed by atoms with E-state index in [2.05, 4.69) is 22.8 Å². The van der Waals surface area contributed by atoms with E-state index in [-0.39, 0.29) is 12.1 Å². The van der Waals surface area contributed by atoms with Crippen molar-refractivity contribution >= 4 is 23.1 Å². The molecule has 4 heteroatoms. The van der Waals surface area contributed by atoms with Crippen LogP contribution in [0.2, 0.25) is 0 Å². The molecule has 24 heavy (non-hydrogen) atoms. The summed E-state index contributed by atoms with van der Waals surface area (Å²) < 4.78 is 0. The van der Waals surface area contributed by atoms with Gasteiger partial charge < -0.3 is 10.6 Å². The first kappa shape index (κ1) is 16.5. The molecule has 2 aromatic carbocycles. The Bertz CT molecular complexity index is 708. The second-order valence-electron chi connectivity index (χ2n) is 6.51. The third-order valence-electron chi connectivity index (χ3n) is 4.64. The van der Waals surface area contributed by atoms with Crippen LogP contribution in [0, 0.1) is 0 Å².